The molecule has 0 spiro atoms. The largest absolute Gasteiger partial charge is 0.358 e. The van der Waals surface area contributed by atoms with Gasteiger partial charge >= 0.3 is 0 Å². The maximum atomic E-state index is 11.3. The summed E-state index contributed by atoms with van der Waals surface area (Å²) in [5, 5.41) is 11.1. The van der Waals surface area contributed by atoms with Gasteiger partial charge in [-0.15, -0.1) is 11.3 Å². The van der Waals surface area contributed by atoms with Crippen LogP contribution in [0.25, 0.3) is 15.9 Å². The Labute approximate surface area is 177 Å². The third-order valence-corrected chi connectivity index (χ3v) is 5.98. The lowest BCUT2D eigenvalue weighted by atomic mass is 10.3. The number of primary sulfonamides is 1. The monoisotopic (exact) mass is 444 g/mol. The van der Waals surface area contributed by atoms with Crippen LogP contribution in [0.5, 0.6) is 0 Å². The molecule has 0 aliphatic heterocycles. The van der Waals surface area contributed by atoms with Gasteiger partial charge in [0.2, 0.25) is 16.0 Å². The minimum atomic E-state index is -3.56. The normalized spacial score (nSPS) is 11.7. The molecule has 0 aliphatic rings. The highest BCUT2D eigenvalue weighted by Gasteiger charge is 2.14. The molecule has 0 radical (unpaired) electrons. The number of sulfonamides is 1. The number of fused-ring (bicyclic) bond motifs is 1. The van der Waals surface area contributed by atoms with E-state index in [1.165, 1.54) is 11.3 Å². The van der Waals surface area contributed by atoms with Crippen molar-refractivity contribution < 1.29 is 8.42 Å². The molecule has 4 heterocycles. The standard InChI is InChI=1S/C18H20N8O2S2/c1-25(7-9-30(19,27)28)16-15-4-8-29-17(15)24-18(23-16)22-10-13-2-3-14(11-21-13)26-6-5-20-12-26/h2-6,8,11-12H,7,9-10H2,1H3,(H2,19,27,28)(H,22,23,24). The van der Waals surface area contributed by atoms with Crippen LogP contribution in [-0.2, 0) is 16.6 Å². The van der Waals surface area contributed by atoms with Gasteiger partial charge in [-0.25, -0.2) is 23.5 Å². The van der Waals surface area contributed by atoms with Gasteiger partial charge in [0.25, 0.3) is 0 Å². The van der Waals surface area contributed by atoms with E-state index in [4.69, 9.17) is 5.14 Å². The Bertz CT molecular complexity index is 1240. The van der Waals surface area contributed by atoms with Crippen molar-refractivity contribution in [3.05, 3.63) is 54.2 Å². The molecular weight excluding hydrogens is 424 g/mol. The predicted molar refractivity (Wildman–Crippen MR) is 117 cm³/mol. The van der Waals surface area contributed by atoms with E-state index in [-0.39, 0.29) is 12.3 Å². The smallest absolute Gasteiger partial charge is 0.226 e. The van der Waals surface area contributed by atoms with E-state index in [0.717, 1.165) is 21.6 Å². The highest BCUT2D eigenvalue weighted by Crippen LogP contribution is 2.28. The second-order valence-electron chi connectivity index (χ2n) is 6.63. The summed E-state index contributed by atoms with van der Waals surface area (Å²) in [6.07, 6.45) is 7.06. The van der Waals surface area contributed by atoms with E-state index < -0.39 is 10.0 Å². The predicted octanol–water partition coefficient (Wildman–Crippen LogP) is 1.61. The Morgan fingerprint density at radius 1 is 1.27 bits per heavy atom. The van der Waals surface area contributed by atoms with Crippen molar-refractivity contribution in [2.24, 2.45) is 5.14 Å². The van der Waals surface area contributed by atoms with Gasteiger partial charge in [0.1, 0.15) is 10.6 Å². The van der Waals surface area contributed by atoms with Crippen molar-refractivity contribution in [3.63, 3.8) is 0 Å². The van der Waals surface area contributed by atoms with Crippen LogP contribution < -0.4 is 15.4 Å². The summed E-state index contributed by atoms with van der Waals surface area (Å²) in [5.41, 5.74) is 1.75. The van der Waals surface area contributed by atoms with Gasteiger partial charge in [-0.2, -0.15) is 4.98 Å². The lowest BCUT2D eigenvalue weighted by Gasteiger charge is -2.19. The molecule has 4 rings (SSSR count). The van der Waals surface area contributed by atoms with Crippen molar-refractivity contribution in [3.8, 4) is 5.69 Å². The molecule has 0 atom stereocenters. The Morgan fingerprint density at radius 2 is 2.13 bits per heavy atom. The fraction of sp³-hybridized carbons (Fsp3) is 0.222. The van der Waals surface area contributed by atoms with Crippen LogP contribution in [0, 0.1) is 0 Å². The highest BCUT2D eigenvalue weighted by molar-refractivity contribution is 7.89. The topological polar surface area (TPSA) is 132 Å². The van der Waals surface area contributed by atoms with Crippen LogP contribution in [0.3, 0.4) is 0 Å². The van der Waals surface area contributed by atoms with Gasteiger partial charge in [-0.05, 0) is 23.6 Å². The van der Waals surface area contributed by atoms with Crippen molar-refractivity contribution in [2.75, 3.05) is 29.6 Å². The Morgan fingerprint density at radius 3 is 2.83 bits per heavy atom. The molecular formula is C18H20N8O2S2. The Balaban J connectivity index is 1.50. The fourth-order valence-electron chi connectivity index (χ4n) is 2.84. The number of hydrogen-bond acceptors (Lipinski definition) is 9. The first-order valence-corrected chi connectivity index (χ1v) is 11.6. The molecule has 0 unspecified atom stereocenters. The molecule has 4 aromatic rings. The summed E-state index contributed by atoms with van der Waals surface area (Å²) in [7, 11) is -1.77. The van der Waals surface area contributed by atoms with Gasteiger partial charge in [-0.1, -0.05) is 0 Å². The first-order valence-electron chi connectivity index (χ1n) is 9.03. The van der Waals surface area contributed by atoms with Gasteiger partial charge < -0.3 is 14.8 Å². The number of hydrogen-bond donors (Lipinski definition) is 2. The number of nitrogens with two attached hydrogens (primary N) is 1. The lowest BCUT2D eigenvalue weighted by Crippen LogP contribution is -2.29. The zero-order valence-electron chi connectivity index (χ0n) is 16.1. The zero-order valence-corrected chi connectivity index (χ0v) is 17.8. The van der Waals surface area contributed by atoms with Crippen LogP contribution >= 0.6 is 11.3 Å². The summed E-state index contributed by atoms with van der Waals surface area (Å²) >= 11 is 1.49. The third-order valence-electron chi connectivity index (χ3n) is 4.42. The molecule has 4 aromatic heterocycles. The van der Waals surface area contributed by atoms with Crippen LogP contribution in [0.4, 0.5) is 11.8 Å². The molecule has 0 bridgehead atoms. The van der Waals surface area contributed by atoms with Gasteiger partial charge in [0.05, 0.1) is 41.6 Å². The van der Waals surface area contributed by atoms with E-state index in [9.17, 15) is 8.42 Å². The van der Waals surface area contributed by atoms with Gasteiger partial charge in [0, 0.05) is 26.0 Å². The number of aromatic nitrogens is 5. The average Bonchev–Trinajstić information content (AvgIpc) is 3.41. The van der Waals surface area contributed by atoms with Crippen molar-refractivity contribution >= 4 is 43.3 Å². The van der Waals surface area contributed by atoms with Crippen LogP contribution in [0.15, 0.2) is 48.5 Å². The number of nitrogens with one attached hydrogen (secondary N) is 1. The maximum absolute atomic E-state index is 11.3. The highest BCUT2D eigenvalue weighted by atomic mass is 32.2. The van der Waals surface area contributed by atoms with Crippen LogP contribution in [0.1, 0.15) is 5.69 Å². The second kappa shape index (κ2) is 8.34. The van der Waals surface area contributed by atoms with E-state index >= 15 is 0 Å². The number of imidazole rings is 1. The van der Waals surface area contributed by atoms with E-state index in [0.29, 0.717) is 18.3 Å². The molecule has 12 heteroatoms. The minimum Gasteiger partial charge on any atom is -0.358 e. The van der Waals surface area contributed by atoms with Crippen molar-refractivity contribution in [2.45, 2.75) is 6.54 Å². The molecule has 156 valence electrons. The molecule has 0 saturated carbocycles. The van der Waals surface area contributed by atoms with E-state index in [1.807, 2.05) is 34.3 Å². The summed E-state index contributed by atoms with van der Waals surface area (Å²) in [6.45, 7) is 0.679. The first kappa shape index (κ1) is 20.2. The van der Waals surface area contributed by atoms with Crippen LogP contribution in [0.2, 0.25) is 0 Å². The SMILES string of the molecule is CN(CCS(N)(=O)=O)c1nc(NCc2ccc(-n3ccnc3)cn2)nc2sccc12. The number of pyridine rings is 1. The van der Waals surface area contributed by atoms with Gasteiger partial charge in [0.15, 0.2) is 0 Å². The number of anilines is 2. The molecule has 30 heavy (non-hydrogen) atoms. The van der Waals surface area contributed by atoms with Crippen LogP contribution in [-0.4, -0.2) is 52.3 Å². The second-order valence-corrected chi connectivity index (χ2v) is 9.26. The first-order chi connectivity index (χ1) is 14.4. The molecule has 0 fully saturated rings. The Kier molecular flexibility index (Phi) is 5.61. The quantitative estimate of drug-likeness (QED) is 0.419. The lowest BCUT2D eigenvalue weighted by molar-refractivity contribution is 0.597. The summed E-state index contributed by atoms with van der Waals surface area (Å²) in [5.74, 6) is 0.938. The molecule has 0 aromatic carbocycles. The summed E-state index contributed by atoms with van der Waals surface area (Å²) in [6, 6.07) is 5.80. The molecule has 3 N–H and O–H groups in total. The molecule has 0 aliphatic carbocycles. The fourth-order valence-corrected chi connectivity index (χ4v) is 4.12. The molecule has 0 saturated heterocycles. The minimum absolute atomic E-state index is 0.158. The van der Waals surface area contributed by atoms with E-state index in [1.54, 1.807) is 30.7 Å². The number of nitrogens with zero attached hydrogens (tertiary/aromatic N) is 6. The molecule has 10 nitrogen and oxygen atoms in total. The number of rotatable bonds is 8. The number of thiophene rings is 1. The summed E-state index contributed by atoms with van der Waals surface area (Å²) < 4.78 is 24.5. The van der Waals surface area contributed by atoms with E-state index in [2.05, 4.69) is 25.3 Å². The average molecular weight is 445 g/mol. The summed E-state index contributed by atoms with van der Waals surface area (Å²) in [4.78, 5) is 20.2. The van der Waals surface area contributed by atoms with Crippen molar-refractivity contribution in [1.29, 1.82) is 0 Å². The van der Waals surface area contributed by atoms with Crippen molar-refractivity contribution in [1.82, 2.24) is 24.5 Å². The Hall–Kier alpha value is -3.09. The zero-order chi connectivity index (χ0) is 21.1. The molecule has 0 amide bonds. The third kappa shape index (κ3) is 4.72. The van der Waals surface area contributed by atoms with Gasteiger partial charge in [-0.3, -0.25) is 4.98 Å². The maximum Gasteiger partial charge on any atom is 0.226 e.